The quantitative estimate of drug-likeness (QED) is 0.304. The molecule has 1 N–H and O–H groups in total. The van der Waals surface area contributed by atoms with Crippen LogP contribution in [0.1, 0.15) is 27.7 Å². The highest BCUT2D eigenvalue weighted by atomic mass is 32.1. The average molecular weight is 529 g/mol. The predicted octanol–water partition coefficient (Wildman–Crippen LogP) is 4.46. The van der Waals surface area contributed by atoms with E-state index in [1.54, 1.807) is 29.9 Å². The van der Waals surface area contributed by atoms with Crippen LogP contribution in [0.25, 0.3) is 10.2 Å². The summed E-state index contributed by atoms with van der Waals surface area (Å²) in [5.41, 5.74) is 3.24. The standard InChI is InChI=1S/C29H32N6O2S/c1-34(2)15-8-12-26(36)35-16-13-23-25(17-35)38-29-27(23)28(31-20-32-29)33-24(21-9-4-3-5-10-21)19-37-18-22-11-6-7-14-30-22/h3-12,14,20,24H,13,15-19H2,1-2H3,(H,31,32,33). The molecule has 0 fully saturated rings. The van der Waals surface area contributed by atoms with Gasteiger partial charge in [0.05, 0.1) is 36.9 Å². The normalized spacial score (nSPS) is 14.2. The lowest BCUT2D eigenvalue weighted by atomic mass is 10.0. The fourth-order valence-electron chi connectivity index (χ4n) is 4.53. The fraction of sp³-hybridized carbons (Fsp3) is 0.310. The maximum absolute atomic E-state index is 12.7. The first-order valence-electron chi connectivity index (χ1n) is 12.7. The van der Waals surface area contributed by atoms with Crippen molar-refractivity contribution < 1.29 is 9.53 Å². The maximum atomic E-state index is 12.7. The second kappa shape index (κ2) is 12.3. The van der Waals surface area contributed by atoms with E-state index >= 15 is 0 Å². The number of rotatable bonds is 10. The Kier molecular flexibility index (Phi) is 8.37. The van der Waals surface area contributed by atoms with Crippen LogP contribution in [0.5, 0.6) is 0 Å². The number of fused-ring (bicyclic) bond motifs is 3. The SMILES string of the molecule is CN(C)CC=CC(=O)N1CCc2c(sc3ncnc(NC(COCc4ccccn4)c4ccccc4)c23)C1. The van der Waals surface area contributed by atoms with E-state index in [4.69, 9.17) is 4.74 Å². The third kappa shape index (κ3) is 6.24. The summed E-state index contributed by atoms with van der Waals surface area (Å²) in [7, 11) is 3.97. The van der Waals surface area contributed by atoms with E-state index in [2.05, 4.69) is 32.4 Å². The van der Waals surface area contributed by atoms with Gasteiger partial charge in [-0.05, 0) is 43.8 Å². The Morgan fingerprint density at radius 2 is 2.00 bits per heavy atom. The molecule has 5 rings (SSSR count). The summed E-state index contributed by atoms with van der Waals surface area (Å²) in [5.74, 6) is 0.849. The summed E-state index contributed by atoms with van der Waals surface area (Å²) in [6.07, 6.45) is 7.75. The van der Waals surface area contributed by atoms with Crippen molar-refractivity contribution in [2.75, 3.05) is 39.1 Å². The van der Waals surface area contributed by atoms with Crippen LogP contribution in [0.4, 0.5) is 5.82 Å². The van der Waals surface area contributed by atoms with E-state index in [-0.39, 0.29) is 11.9 Å². The van der Waals surface area contributed by atoms with Gasteiger partial charge in [0.1, 0.15) is 17.0 Å². The summed E-state index contributed by atoms with van der Waals surface area (Å²) in [6, 6.07) is 16.0. The number of benzene rings is 1. The third-order valence-electron chi connectivity index (χ3n) is 6.45. The molecule has 8 nitrogen and oxygen atoms in total. The fourth-order valence-corrected chi connectivity index (χ4v) is 5.73. The van der Waals surface area contributed by atoms with E-state index in [1.165, 1.54) is 10.4 Å². The van der Waals surface area contributed by atoms with Gasteiger partial charge in [0.25, 0.3) is 0 Å². The minimum atomic E-state index is -0.0999. The molecule has 1 aliphatic heterocycles. The van der Waals surface area contributed by atoms with Gasteiger partial charge in [-0.25, -0.2) is 9.97 Å². The van der Waals surface area contributed by atoms with E-state index in [0.29, 0.717) is 26.3 Å². The molecule has 4 aromatic rings. The first-order chi connectivity index (χ1) is 18.6. The maximum Gasteiger partial charge on any atom is 0.246 e. The topological polar surface area (TPSA) is 83.5 Å². The Hall–Kier alpha value is -3.66. The van der Waals surface area contributed by atoms with Crippen molar-refractivity contribution in [1.82, 2.24) is 24.8 Å². The van der Waals surface area contributed by atoms with Gasteiger partial charge in [-0.2, -0.15) is 0 Å². The molecule has 3 aromatic heterocycles. The lowest BCUT2D eigenvalue weighted by molar-refractivity contribution is -0.126. The zero-order valence-electron chi connectivity index (χ0n) is 21.7. The Bertz CT molecular complexity index is 1390. The van der Waals surface area contributed by atoms with Crippen molar-refractivity contribution in [3.63, 3.8) is 0 Å². The zero-order chi connectivity index (χ0) is 26.3. The Labute approximate surface area is 227 Å². The highest BCUT2D eigenvalue weighted by Gasteiger charge is 2.26. The van der Waals surface area contributed by atoms with Crippen molar-refractivity contribution >= 4 is 33.3 Å². The van der Waals surface area contributed by atoms with E-state index < -0.39 is 0 Å². The van der Waals surface area contributed by atoms with Crippen molar-refractivity contribution in [1.29, 1.82) is 0 Å². The monoisotopic (exact) mass is 528 g/mol. The summed E-state index contributed by atoms with van der Waals surface area (Å²) >= 11 is 1.64. The van der Waals surface area contributed by atoms with Crippen LogP contribution in [0.2, 0.25) is 0 Å². The van der Waals surface area contributed by atoms with Crippen LogP contribution in [-0.2, 0) is 29.1 Å². The molecule has 1 aliphatic rings. The number of hydrogen-bond donors (Lipinski definition) is 1. The molecule has 0 saturated heterocycles. The third-order valence-corrected chi connectivity index (χ3v) is 7.58. The number of likely N-dealkylation sites (N-methyl/N-ethyl adjacent to an activating group) is 1. The Morgan fingerprint density at radius 1 is 1.16 bits per heavy atom. The number of carbonyl (C=O) groups excluding carboxylic acids is 1. The molecule has 0 bridgehead atoms. The first-order valence-corrected chi connectivity index (χ1v) is 13.5. The minimum absolute atomic E-state index is 0.0496. The van der Waals surface area contributed by atoms with Crippen molar-refractivity contribution in [3.8, 4) is 0 Å². The molecular weight excluding hydrogens is 496 g/mol. The molecule has 1 amide bonds. The number of nitrogens with zero attached hydrogens (tertiary/aromatic N) is 5. The lowest BCUT2D eigenvalue weighted by Crippen LogP contribution is -2.34. The van der Waals surface area contributed by atoms with Gasteiger partial charge in [-0.15, -0.1) is 11.3 Å². The number of amides is 1. The molecule has 0 radical (unpaired) electrons. The van der Waals surface area contributed by atoms with Crippen LogP contribution in [0.15, 0.2) is 73.2 Å². The molecule has 1 atom stereocenters. The van der Waals surface area contributed by atoms with Crippen LogP contribution in [0, 0.1) is 0 Å². The molecule has 0 aliphatic carbocycles. The van der Waals surface area contributed by atoms with Crippen molar-refractivity contribution in [3.05, 3.63) is 94.9 Å². The number of thiophene rings is 1. The molecule has 9 heteroatoms. The highest BCUT2D eigenvalue weighted by Crippen LogP contribution is 2.38. The van der Waals surface area contributed by atoms with Gasteiger partial charge in [-0.3, -0.25) is 9.78 Å². The second-order valence-corrected chi connectivity index (χ2v) is 10.6. The largest absolute Gasteiger partial charge is 0.373 e. The summed E-state index contributed by atoms with van der Waals surface area (Å²) in [6.45, 7) is 2.90. The number of nitrogens with one attached hydrogen (secondary N) is 1. The van der Waals surface area contributed by atoms with Gasteiger partial charge >= 0.3 is 0 Å². The van der Waals surface area contributed by atoms with Crippen molar-refractivity contribution in [2.24, 2.45) is 0 Å². The van der Waals surface area contributed by atoms with Crippen LogP contribution in [-0.4, -0.2) is 64.5 Å². The van der Waals surface area contributed by atoms with Gasteiger partial charge in [0, 0.05) is 30.2 Å². The van der Waals surface area contributed by atoms with Gasteiger partial charge < -0.3 is 19.9 Å². The molecule has 0 saturated carbocycles. The summed E-state index contributed by atoms with van der Waals surface area (Å²) in [5, 5.41) is 4.70. The molecule has 0 spiro atoms. The van der Waals surface area contributed by atoms with Gasteiger partial charge in [0.2, 0.25) is 5.91 Å². The van der Waals surface area contributed by atoms with E-state index in [1.807, 2.05) is 66.4 Å². The van der Waals surface area contributed by atoms with Gasteiger partial charge in [-0.1, -0.05) is 42.5 Å². The lowest BCUT2D eigenvalue weighted by Gasteiger charge is -2.26. The van der Waals surface area contributed by atoms with Crippen LogP contribution >= 0.6 is 11.3 Å². The molecular formula is C29H32N6O2S. The average Bonchev–Trinajstić information content (AvgIpc) is 3.32. The Balaban J connectivity index is 1.35. The van der Waals surface area contributed by atoms with E-state index in [9.17, 15) is 4.79 Å². The molecule has 4 heterocycles. The summed E-state index contributed by atoms with van der Waals surface area (Å²) in [4.78, 5) is 32.4. The minimum Gasteiger partial charge on any atom is -0.373 e. The molecule has 196 valence electrons. The molecule has 38 heavy (non-hydrogen) atoms. The number of hydrogen-bond acceptors (Lipinski definition) is 8. The van der Waals surface area contributed by atoms with E-state index in [0.717, 1.165) is 40.3 Å². The smallest absolute Gasteiger partial charge is 0.246 e. The van der Waals surface area contributed by atoms with Crippen LogP contribution in [0.3, 0.4) is 0 Å². The molecule has 1 unspecified atom stereocenters. The summed E-state index contributed by atoms with van der Waals surface area (Å²) < 4.78 is 6.08. The number of ether oxygens (including phenoxy) is 1. The molecule has 1 aromatic carbocycles. The predicted molar refractivity (Wildman–Crippen MR) is 151 cm³/mol. The number of pyridine rings is 1. The number of carbonyl (C=O) groups is 1. The van der Waals surface area contributed by atoms with Crippen molar-refractivity contribution in [2.45, 2.75) is 25.6 Å². The highest BCUT2D eigenvalue weighted by molar-refractivity contribution is 7.19. The van der Waals surface area contributed by atoms with Gasteiger partial charge in [0.15, 0.2) is 0 Å². The number of aromatic nitrogens is 3. The number of anilines is 1. The second-order valence-electron chi connectivity index (χ2n) is 9.52. The first kappa shape index (κ1) is 26.0. The Morgan fingerprint density at radius 3 is 2.79 bits per heavy atom. The van der Waals surface area contributed by atoms with Crippen LogP contribution < -0.4 is 5.32 Å². The zero-order valence-corrected chi connectivity index (χ0v) is 22.5.